The molecule has 0 amide bonds. The number of carbonyl (C=O) groups excluding carboxylic acids is 1. The van der Waals surface area contributed by atoms with Gasteiger partial charge in [-0.2, -0.15) is 0 Å². The molecule has 0 bridgehead atoms. The minimum Gasteiger partial charge on any atom is -0.395 e. The molecule has 1 atom stereocenters. The second-order valence-corrected chi connectivity index (χ2v) is 4.85. The van der Waals surface area contributed by atoms with Crippen LogP contribution in [0.25, 0.3) is 0 Å². The van der Waals surface area contributed by atoms with Gasteiger partial charge in [0.05, 0.1) is 18.7 Å². The molecule has 1 aliphatic heterocycles. The highest BCUT2D eigenvalue weighted by Gasteiger charge is 2.25. The Morgan fingerprint density at radius 2 is 2.16 bits per heavy atom. The van der Waals surface area contributed by atoms with Crippen LogP contribution in [0, 0.1) is 11.6 Å². The van der Waals surface area contributed by atoms with Crippen LogP contribution in [-0.4, -0.2) is 41.5 Å². The van der Waals surface area contributed by atoms with Crippen molar-refractivity contribution in [1.29, 1.82) is 0 Å². The Bertz CT molecular complexity index is 465. The summed E-state index contributed by atoms with van der Waals surface area (Å²) in [6.45, 7) is 0.707. The van der Waals surface area contributed by atoms with E-state index in [1.54, 1.807) is 0 Å². The molecule has 1 aromatic rings. The smallest absolute Gasteiger partial charge is 0.179 e. The standard InChI is InChI=1S/C14H17F2NO2/c15-10-4-5-13(16)12(7-10)14(19)8-17-6-2-1-3-11(17)9-18/h4-5,7,11,18H,1-3,6,8-9H2. The van der Waals surface area contributed by atoms with Crippen LogP contribution < -0.4 is 0 Å². The molecule has 5 heteroatoms. The van der Waals surface area contributed by atoms with E-state index in [9.17, 15) is 18.7 Å². The molecule has 2 rings (SSSR count). The van der Waals surface area contributed by atoms with Gasteiger partial charge in [-0.1, -0.05) is 6.42 Å². The lowest BCUT2D eigenvalue weighted by atomic mass is 10.0. The fourth-order valence-corrected chi connectivity index (χ4v) is 2.46. The molecule has 1 unspecified atom stereocenters. The minimum absolute atomic E-state index is 0.0150. The maximum absolute atomic E-state index is 13.5. The number of hydrogen-bond donors (Lipinski definition) is 1. The maximum Gasteiger partial charge on any atom is 0.179 e. The molecular weight excluding hydrogens is 252 g/mol. The van der Waals surface area contributed by atoms with Crippen LogP contribution >= 0.6 is 0 Å². The number of piperidine rings is 1. The maximum atomic E-state index is 13.5. The fraction of sp³-hybridized carbons (Fsp3) is 0.500. The zero-order chi connectivity index (χ0) is 13.8. The third kappa shape index (κ3) is 3.36. The van der Waals surface area contributed by atoms with Crippen LogP contribution in [0.2, 0.25) is 0 Å². The number of ketones is 1. The van der Waals surface area contributed by atoms with Gasteiger partial charge in [-0.3, -0.25) is 9.69 Å². The number of hydrogen-bond acceptors (Lipinski definition) is 3. The molecule has 19 heavy (non-hydrogen) atoms. The molecule has 1 fully saturated rings. The van der Waals surface area contributed by atoms with Gasteiger partial charge in [-0.05, 0) is 37.6 Å². The van der Waals surface area contributed by atoms with Gasteiger partial charge in [0, 0.05) is 6.04 Å². The summed E-state index contributed by atoms with van der Waals surface area (Å²) in [5.41, 5.74) is -0.220. The molecule has 0 saturated carbocycles. The van der Waals surface area contributed by atoms with Crippen molar-refractivity contribution in [2.75, 3.05) is 19.7 Å². The molecule has 0 spiro atoms. The Morgan fingerprint density at radius 1 is 1.37 bits per heavy atom. The van der Waals surface area contributed by atoms with E-state index in [1.165, 1.54) is 0 Å². The molecule has 0 radical (unpaired) electrons. The molecule has 1 saturated heterocycles. The Hall–Kier alpha value is -1.33. The second kappa shape index (κ2) is 6.21. The lowest BCUT2D eigenvalue weighted by molar-refractivity contribution is 0.0708. The Morgan fingerprint density at radius 3 is 2.89 bits per heavy atom. The topological polar surface area (TPSA) is 40.5 Å². The lowest BCUT2D eigenvalue weighted by Gasteiger charge is -2.33. The number of likely N-dealkylation sites (tertiary alicyclic amines) is 1. The average molecular weight is 269 g/mol. The van der Waals surface area contributed by atoms with Gasteiger partial charge in [0.1, 0.15) is 11.6 Å². The third-order valence-corrected chi connectivity index (χ3v) is 3.54. The summed E-state index contributed by atoms with van der Waals surface area (Å²) >= 11 is 0. The first kappa shape index (κ1) is 14.1. The summed E-state index contributed by atoms with van der Waals surface area (Å²) in [5, 5.41) is 9.26. The quantitative estimate of drug-likeness (QED) is 0.850. The molecule has 104 valence electrons. The van der Waals surface area contributed by atoms with E-state index in [2.05, 4.69) is 0 Å². The lowest BCUT2D eigenvalue weighted by Crippen LogP contribution is -2.44. The summed E-state index contributed by atoms with van der Waals surface area (Å²) in [4.78, 5) is 13.9. The van der Waals surface area contributed by atoms with Gasteiger partial charge in [-0.25, -0.2) is 8.78 Å². The molecule has 1 aromatic carbocycles. The van der Waals surface area contributed by atoms with Gasteiger partial charge in [-0.15, -0.1) is 0 Å². The number of aliphatic hydroxyl groups excluding tert-OH is 1. The summed E-state index contributed by atoms with van der Waals surface area (Å²) in [7, 11) is 0. The van der Waals surface area contributed by atoms with Crippen molar-refractivity contribution in [2.24, 2.45) is 0 Å². The SMILES string of the molecule is O=C(CN1CCCCC1CO)c1cc(F)ccc1F. The van der Waals surface area contributed by atoms with Gasteiger partial charge >= 0.3 is 0 Å². The van der Waals surface area contributed by atoms with Crippen LogP contribution in [0.3, 0.4) is 0 Å². The molecule has 1 N–H and O–H groups in total. The van der Waals surface area contributed by atoms with Crippen LogP contribution in [0.4, 0.5) is 8.78 Å². The molecule has 1 aliphatic rings. The molecule has 0 aromatic heterocycles. The summed E-state index contributed by atoms with van der Waals surface area (Å²) in [6.07, 6.45) is 2.80. The van der Waals surface area contributed by atoms with Crippen LogP contribution in [-0.2, 0) is 0 Å². The zero-order valence-corrected chi connectivity index (χ0v) is 10.6. The molecule has 1 heterocycles. The number of nitrogens with zero attached hydrogens (tertiary/aromatic N) is 1. The largest absolute Gasteiger partial charge is 0.395 e. The highest BCUT2D eigenvalue weighted by atomic mass is 19.1. The van der Waals surface area contributed by atoms with Crippen molar-refractivity contribution in [3.05, 3.63) is 35.4 Å². The normalized spacial score (nSPS) is 20.5. The second-order valence-electron chi connectivity index (χ2n) is 4.85. The van der Waals surface area contributed by atoms with Crippen molar-refractivity contribution >= 4 is 5.78 Å². The van der Waals surface area contributed by atoms with Crippen molar-refractivity contribution in [3.63, 3.8) is 0 Å². The minimum atomic E-state index is -0.705. The number of aliphatic hydroxyl groups is 1. The van der Waals surface area contributed by atoms with Gasteiger partial charge < -0.3 is 5.11 Å². The summed E-state index contributed by atoms with van der Waals surface area (Å²) in [5.74, 6) is -1.77. The van der Waals surface area contributed by atoms with Crippen molar-refractivity contribution in [2.45, 2.75) is 25.3 Å². The van der Waals surface area contributed by atoms with Gasteiger partial charge in [0.2, 0.25) is 0 Å². The van der Waals surface area contributed by atoms with E-state index in [4.69, 9.17) is 0 Å². The van der Waals surface area contributed by atoms with E-state index in [-0.39, 0.29) is 24.8 Å². The zero-order valence-electron chi connectivity index (χ0n) is 10.6. The van der Waals surface area contributed by atoms with Crippen molar-refractivity contribution in [1.82, 2.24) is 4.90 Å². The predicted octanol–water partition coefficient (Wildman–Crippen LogP) is 1.99. The highest BCUT2D eigenvalue weighted by Crippen LogP contribution is 2.18. The van der Waals surface area contributed by atoms with E-state index < -0.39 is 17.4 Å². The summed E-state index contributed by atoms with van der Waals surface area (Å²) in [6, 6.07) is 2.82. The van der Waals surface area contributed by atoms with Crippen LogP contribution in [0.1, 0.15) is 29.6 Å². The Kier molecular flexibility index (Phi) is 4.61. The number of halogens is 2. The fourth-order valence-electron chi connectivity index (χ4n) is 2.46. The average Bonchev–Trinajstić information content (AvgIpc) is 2.42. The first-order valence-corrected chi connectivity index (χ1v) is 6.45. The van der Waals surface area contributed by atoms with E-state index in [0.29, 0.717) is 6.54 Å². The monoisotopic (exact) mass is 269 g/mol. The van der Waals surface area contributed by atoms with E-state index in [0.717, 1.165) is 37.5 Å². The Balaban J connectivity index is 2.09. The predicted molar refractivity (Wildman–Crippen MR) is 67.0 cm³/mol. The molecular formula is C14H17F2NO2. The van der Waals surface area contributed by atoms with E-state index >= 15 is 0 Å². The van der Waals surface area contributed by atoms with Crippen molar-refractivity contribution < 1.29 is 18.7 Å². The molecule has 3 nitrogen and oxygen atoms in total. The Labute approximate surface area is 110 Å². The molecule has 0 aliphatic carbocycles. The first-order chi connectivity index (χ1) is 9.11. The van der Waals surface area contributed by atoms with E-state index in [1.807, 2.05) is 4.90 Å². The first-order valence-electron chi connectivity index (χ1n) is 6.45. The van der Waals surface area contributed by atoms with Crippen LogP contribution in [0.15, 0.2) is 18.2 Å². The van der Waals surface area contributed by atoms with Gasteiger partial charge in [0.25, 0.3) is 0 Å². The number of Topliss-reactive ketones (excluding diaryl/α,β-unsaturated/α-hetero) is 1. The number of carbonyl (C=O) groups is 1. The van der Waals surface area contributed by atoms with Crippen molar-refractivity contribution in [3.8, 4) is 0 Å². The van der Waals surface area contributed by atoms with Gasteiger partial charge in [0.15, 0.2) is 5.78 Å². The highest BCUT2D eigenvalue weighted by molar-refractivity contribution is 5.97. The number of benzene rings is 1. The summed E-state index contributed by atoms with van der Waals surface area (Å²) < 4.78 is 26.6. The third-order valence-electron chi connectivity index (χ3n) is 3.54. The number of rotatable bonds is 4. The van der Waals surface area contributed by atoms with Crippen LogP contribution in [0.5, 0.6) is 0 Å².